The molecule has 1 aromatic rings. The molecular weight excluding hydrogens is 258 g/mol. The first-order valence-electron chi connectivity index (χ1n) is 6.71. The van der Waals surface area contributed by atoms with E-state index in [1.165, 1.54) is 6.07 Å². The average Bonchev–Trinajstić information content (AvgIpc) is 2.41. The van der Waals surface area contributed by atoms with E-state index in [1.807, 2.05) is 30.9 Å². The Labute approximate surface area is 119 Å². The minimum Gasteiger partial charge on any atom is -0.370 e. The van der Waals surface area contributed by atoms with Crippen LogP contribution in [0.2, 0.25) is 0 Å². The van der Waals surface area contributed by atoms with Crippen molar-refractivity contribution in [3.8, 4) is 0 Å². The van der Waals surface area contributed by atoms with Crippen LogP contribution in [0.25, 0.3) is 0 Å². The molecule has 7 heteroatoms. The molecule has 20 heavy (non-hydrogen) atoms. The van der Waals surface area contributed by atoms with Crippen molar-refractivity contribution in [2.45, 2.75) is 13.3 Å². The Bertz CT molecular complexity index is 450. The van der Waals surface area contributed by atoms with E-state index in [2.05, 4.69) is 17.2 Å². The molecule has 0 aliphatic carbocycles. The van der Waals surface area contributed by atoms with Crippen LogP contribution in [0.1, 0.15) is 13.3 Å². The topological polar surface area (TPSA) is 74.5 Å². The molecule has 0 fully saturated rings. The monoisotopic (exact) mass is 281 g/mol. The predicted molar refractivity (Wildman–Crippen MR) is 81.5 cm³/mol. The van der Waals surface area contributed by atoms with Gasteiger partial charge in [0.15, 0.2) is 0 Å². The van der Waals surface area contributed by atoms with E-state index in [9.17, 15) is 10.1 Å². The SMILES string of the molecule is CCCNc1ccc([N+](=O)[O-])c(N(C)CCN(C)C)n1. The van der Waals surface area contributed by atoms with Crippen molar-refractivity contribution in [2.24, 2.45) is 0 Å². The summed E-state index contributed by atoms with van der Waals surface area (Å²) in [7, 11) is 5.76. The summed E-state index contributed by atoms with van der Waals surface area (Å²) in [6, 6.07) is 3.16. The first kappa shape index (κ1) is 16.2. The third kappa shape index (κ3) is 4.65. The van der Waals surface area contributed by atoms with E-state index in [1.54, 1.807) is 6.07 Å². The first-order valence-corrected chi connectivity index (χ1v) is 6.71. The van der Waals surface area contributed by atoms with Crippen LogP contribution in [0, 0.1) is 10.1 Å². The fraction of sp³-hybridized carbons (Fsp3) is 0.615. The van der Waals surface area contributed by atoms with Crippen molar-refractivity contribution in [1.29, 1.82) is 0 Å². The molecule has 7 nitrogen and oxygen atoms in total. The molecule has 0 aromatic carbocycles. The number of nitrogens with one attached hydrogen (secondary N) is 1. The fourth-order valence-electron chi connectivity index (χ4n) is 1.67. The molecule has 1 rings (SSSR count). The zero-order valence-corrected chi connectivity index (χ0v) is 12.6. The van der Waals surface area contributed by atoms with Crippen LogP contribution in [0.15, 0.2) is 12.1 Å². The van der Waals surface area contributed by atoms with Crippen LogP contribution in [-0.2, 0) is 0 Å². The number of likely N-dealkylation sites (N-methyl/N-ethyl adjacent to an activating group) is 2. The Morgan fingerprint density at radius 2 is 2.00 bits per heavy atom. The van der Waals surface area contributed by atoms with Gasteiger partial charge in [-0.3, -0.25) is 10.1 Å². The molecule has 1 heterocycles. The van der Waals surface area contributed by atoms with Crippen molar-refractivity contribution < 1.29 is 4.92 Å². The Balaban J connectivity index is 2.95. The Hall–Kier alpha value is -1.89. The molecule has 0 radical (unpaired) electrons. The summed E-state index contributed by atoms with van der Waals surface area (Å²) in [6.07, 6.45) is 0.977. The van der Waals surface area contributed by atoms with E-state index < -0.39 is 4.92 Å². The molecule has 1 N–H and O–H groups in total. The van der Waals surface area contributed by atoms with Crippen LogP contribution in [0.3, 0.4) is 0 Å². The number of hydrogen-bond acceptors (Lipinski definition) is 6. The molecule has 112 valence electrons. The van der Waals surface area contributed by atoms with Gasteiger partial charge in [-0.1, -0.05) is 6.92 Å². The van der Waals surface area contributed by atoms with E-state index >= 15 is 0 Å². The molecule has 0 saturated heterocycles. The van der Waals surface area contributed by atoms with Crippen LogP contribution in [-0.4, -0.2) is 55.6 Å². The van der Waals surface area contributed by atoms with Crippen molar-refractivity contribution in [3.05, 3.63) is 22.2 Å². The van der Waals surface area contributed by atoms with Gasteiger partial charge in [0.25, 0.3) is 0 Å². The number of nitro groups is 1. The van der Waals surface area contributed by atoms with E-state index in [0.29, 0.717) is 18.2 Å². The Morgan fingerprint density at radius 3 is 2.55 bits per heavy atom. The standard InChI is InChI=1S/C13H23N5O2/c1-5-8-14-12-7-6-11(18(19)20)13(15-12)17(4)10-9-16(2)3/h6-7H,5,8-10H2,1-4H3,(H,14,15). The van der Waals surface area contributed by atoms with Gasteiger partial charge in [-0.2, -0.15) is 0 Å². The highest BCUT2D eigenvalue weighted by atomic mass is 16.6. The van der Waals surface area contributed by atoms with Gasteiger partial charge in [0.1, 0.15) is 5.82 Å². The number of aromatic nitrogens is 1. The zero-order valence-electron chi connectivity index (χ0n) is 12.6. The molecule has 0 saturated carbocycles. The number of nitrogens with zero attached hydrogens (tertiary/aromatic N) is 4. The highest BCUT2D eigenvalue weighted by molar-refractivity contribution is 5.61. The maximum Gasteiger partial charge on any atom is 0.311 e. The van der Waals surface area contributed by atoms with E-state index in [0.717, 1.165) is 19.5 Å². The molecule has 0 aliphatic heterocycles. The van der Waals surface area contributed by atoms with Crippen molar-refractivity contribution in [1.82, 2.24) is 9.88 Å². The number of anilines is 2. The van der Waals surface area contributed by atoms with E-state index in [4.69, 9.17) is 0 Å². The maximum absolute atomic E-state index is 11.1. The van der Waals surface area contributed by atoms with Gasteiger partial charge in [-0.15, -0.1) is 0 Å². The summed E-state index contributed by atoms with van der Waals surface area (Å²) in [4.78, 5) is 18.9. The minimum absolute atomic E-state index is 0.0355. The molecule has 0 atom stereocenters. The van der Waals surface area contributed by atoms with Gasteiger partial charge in [0, 0.05) is 32.7 Å². The van der Waals surface area contributed by atoms with Crippen LogP contribution in [0.5, 0.6) is 0 Å². The molecule has 0 unspecified atom stereocenters. The summed E-state index contributed by atoms with van der Waals surface area (Å²) in [5.41, 5.74) is 0.0355. The van der Waals surface area contributed by atoms with Crippen molar-refractivity contribution >= 4 is 17.3 Å². The lowest BCUT2D eigenvalue weighted by Crippen LogP contribution is -2.29. The summed E-state index contributed by atoms with van der Waals surface area (Å²) < 4.78 is 0. The quantitative estimate of drug-likeness (QED) is 0.578. The summed E-state index contributed by atoms with van der Waals surface area (Å²) in [5.74, 6) is 1.07. The second kappa shape index (κ2) is 7.64. The lowest BCUT2D eigenvalue weighted by Gasteiger charge is -2.21. The van der Waals surface area contributed by atoms with Gasteiger partial charge < -0.3 is 15.1 Å². The maximum atomic E-state index is 11.1. The summed E-state index contributed by atoms with van der Waals surface area (Å²) >= 11 is 0. The largest absolute Gasteiger partial charge is 0.370 e. The molecule has 0 bridgehead atoms. The minimum atomic E-state index is -0.391. The van der Waals surface area contributed by atoms with Gasteiger partial charge in [0.2, 0.25) is 5.82 Å². The lowest BCUT2D eigenvalue weighted by atomic mass is 10.3. The lowest BCUT2D eigenvalue weighted by molar-refractivity contribution is -0.384. The molecule has 0 amide bonds. The van der Waals surface area contributed by atoms with Crippen LogP contribution in [0.4, 0.5) is 17.3 Å². The molecular formula is C13H23N5O2. The second-order valence-corrected chi connectivity index (χ2v) is 4.95. The fourth-order valence-corrected chi connectivity index (χ4v) is 1.67. The number of rotatable bonds is 8. The molecule has 0 spiro atoms. The number of pyridine rings is 1. The number of hydrogen-bond donors (Lipinski definition) is 1. The second-order valence-electron chi connectivity index (χ2n) is 4.95. The first-order chi connectivity index (χ1) is 9.45. The highest BCUT2D eigenvalue weighted by Crippen LogP contribution is 2.26. The normalized spacial score (nSPS) is 10.7. The average molecular weight is 281 g/mol. The summed E-state index contributed by atoms with van der Waals surface area (Å²) in [6.45, 7) is 4.34. The van der Waals surface area contributed by atoms with Crippen molar-refractivity contribution in [2.75, 3.05) is 51.0 Å². The predicted octanol–water partition coefficient (Wildman–Crippen LogP) is 1.81. The van der Waals surface area contributed by atoms with Gasteiger partial charge in [-0.25, -0.2) is 4.98 Å². The molecule has 1 aromatic heterocycles. The summed E-state index contributed by atoms with van der Waals surface area (Å²) in [5, 5.41) is 14.2. The zero-order chi connectivity index (χ0) is 15.1. The van der Waals surface area contributed by atoms with Gasteiger partial charge >= 0.3 is 5.69 Å². The highest BCUT2D eigenvalue weighted by Gasteiger charge is 2.19. The third-order valence-electron chi connectivity index (χ3n) is 2.85. The van der Waals surface area contributed by atoms with Gasteiger partial charge in [0.05, 0.1) is 4.92 Å². The van der Waals surface area contributed by atoms with Crippen LogP contribution < -0.4 is 10.2 Å². The smallest absolute Gasteiger partial charge is 0.311 e. The Morgan fingerprint density at radius 1 is 1.30 bits per heavy atom. The Kier molecular flexibility index (Phi) is 6.17. The van der Waals surface area contributed by atoms with Crippen LogP contribution >= 0.6 is 0 Å². The van der Waals surface area contributed by atoms with Crippen molar-refractivity contribution in [3.63, 3.8) is 0 Å². The third-order valence-corrected chi connectivity index (χ3v) is 2.85. The van der Waals surface area contributed by atoms with Gasteiger partial charge in [-0.05, 0) is 26.6 Å². The van der Waals surface area contributed by atoms with E-state index in [-0.39, 0.29) is 5.69 Å². The molecule has 0 aliphatic rings.